The second-order valence-corrected chi connectivity index (χ2v) is 34.9. The first-order valence-electron chi connectivity index (χ1n) is 38.3. The lowest BCUT2D eigenvalue weighted by Crippen LogP contribution is -2.57. The van der Waals surface area contributed by atoms with E-state index in [0.29, 0.717) is 82.0 Å². The second-order valence-electron chi connectivity index (χ2n) is 30.7. The number of nitrogens with one attached hydrogen (secondary N) is 6. The highest BCUT2D eigenvalue weighted by atomic mass is 35.5. The number of thiazole rings is 1. The van der Waals surface area contributed by atoms with Crippen LogP contribution in [0.3, 0.4) is 0 Å². The van der Waals surface area contributed by atoms with E-state index in [9.17, 15) is 50.4 Å². The molecule has 1 aliphatic carbocycles. The highest BCUT2D eigenvalue weighted by Crippen LogP contribution is 2.43. The first kappa shape index (κ1) is 85.3. The van der Waals surface area contributed by atoms with E-state index in [1.807, 2.05) is 112 Å². The number of thioether (sulfide) groups is 1. The van der Waals surface area contributed by atoms with Gasteiger partial charge in [0.1, 0.15) is 12.1 Å². The highest BCUT2D eigenvalue weighted by molar-refractivity contribution is 7.99. The SMILES string of the molecule is Cc1ncsc1-c1ccc(CNC(=O)[C@@H]2CCCN2C(=O)[C@@H](NC(=O)CCC(=O)NCCOCCOCCNC(=O)N2CCN(CC[C@H](CSc3ccccc3)Nc3ccc(CCNC(=O)c4ccc(N5CCN(CC6=C(c7ccc(Cl)cc7)CCC(C)(C)C6)CC5)cc4)cc3S(=O)(=O)C(F)(F)F)CC2)C(C)(C)C)cc1. The van der Waals surface area contributed by atoms with Gasteiger partial charge in [-0.15, -0.1) is 23.1 Å². The molecule has 10 rings (SSSR count). The molecule has 0 bridgehead atoms. The summed E-state index contributed by atoms with van der Waals surface area (Å²) in [5.41, 5.74) is 4.41. The summed E-state index contributed by atoms with van der Waals surface area (Å²) in [5.74, 6) is -1.39. The number of aromatic nitrogens is 1. The molecule has 0 spiro atoms. The van der Waals surface area contributed by atoms with Crippen molar-refractivity contribution in [1.82, 2.24) is 51.2 Å². The third-order valence-corrected chi connectivity index (χ3v) is 24.6. The van der Waals surface area contributed by atoms with Gasteiger partial charge >= 0.3 is 11.5 Å². The molecule has 0 radical (unpaired) electrons. The number of aryl methyl sites for hydroxylation is 1. The van der Waals surface area contributed by atoms with Crippen molar-refractivity contribution >= 4 is 97.1 Å². The number of halogens is 4. The van der Waals surface area contributed by atoms with Crippen LogP contribution >= 0.6 is 34.7 Å². The summed E-state index contributed by atoms with van der Waals surface area (Å²) in [6.45, 7) is 21.0. The summed E-state index contributed by atoms with van der Waals surface area (Å²) in [7, 11) is -5.83. The number of nitrogens with zero attached hydrogens (tertiary/aromatic N) is 6. The number of likely N-dealkylation sites (tertiary alicyclic amines) is 1. The Morgan fingerprint density at radius 1 is 0.730 bits per heavy atom. The van der Waals surface area contributed by atoms with Crippen molar-refractivity contribution in [3.8, 4) is 10.4 Å². The zero-order valence-electron chi connectivity index (χ0n) is 64.4. The first-order chi connectivity index (χ1) is 53.1. The van der Waals surface area contributed by atoms with E-state index >= 15 is 0 Å². The van der Waals surface area contributed by atoms with Crippen molar-refractivity contribution in [2.75, 3.05) is 134 Å². The Hall–Kier alpha value is -8.09. The van der Waals surface area contributed by atoms with Crippen LogP contribution in [0.15, 0.2) is 142 Å². The average molecular weight is 1610 g/mol. The molecule has 111 heavy (non-hydrogen) atoms. The number of benzene rings is 5. The number of carbonyl (C=O) groups excluding carboxylic acids is 6. The molecule has 6 N–H and O–H groups in total. The van der Waals surface area contributed by atoms with Crippen molar-refractivity contribution in [2.45, 2.75) is 139 Å². The number of anilines is 2. The van der Waals surface area contributed by atoms with Crippen LogP contribution in [0, 0.1) is 17.8 Å². The lowest BCUT2D eigenvalue weighted by atomic mass is 9.73. The number of amides is 7. The van der Waals surface area contributed by atoms with E-state index in [2.05, 4.69) is 77.6 Å². The molecule has 22 nitrogen and oxygen atoms in total. The van der Waals surface area contributed by atoms with Gasteiger partial charge in [0.2, 0.25) is 23.6 Å². The number of ether oxygens (including phenoxy) is 2. The molecule has 3 fully saturated rings. The molecule has 3 atom stereocenters. The number of piperazine rings is 2. The number of hydrogen-bond acceptors (Lipinski definition) is 17. The fourth-order valence-corrected chi connectivity index (χ4v) is 17.2. The molecular formula is C82H106ClF3N12O10S3. The van der Waals surface area contributed by atoms with Crippen LogP contribution < -0.4 is 36.8 Å². The normalized spacial score (nSPS) is 17.1. The minimum Gasteiger partial charge on any atom is -0.380 e. The van der Waals surface area contributed by atoms with Crippen LogP contribution in [0.25, 0.3) is 16.0 Å². The van der Waals surface area contributed by atoms with Crippen molar-refractivity contribution in [1.29, 1.82) is 0 Å². The Bertz CT molecular complexity index is 4250. The molecule has 3 saturated heterocycles. The minimum absolute atomic E-state index is 0.0415. The molecule has 6 aromatic rings. The predicted molar refractivity (Wildman–Crippen MR) is 432 cm³/mol. The summed E-state index contributed by atoms with van der Waals surface area (Å²) in [4.78, 5) is 95.8. The van der Waals surface area contributed by atoms with Crippen molar-refractivity contribution < 1.29 is 59.8 Å². The number of carbonyl (C=O) groups is 6. The van der Waals surface area contributed by atoms with Gasteiger partial charge in [-0.3, -0.25) is 33.8 Å². The maximum Gasteiger partial charge on any atom is 0.501 e. The third-order valence-electron chi connectivity index (χ3n) is 20.7. The molecule has 29 heteroatoms. The van der Waals surface area contributed by atoms with E-state index in [1.165, 1.54) is 34.5 Å². The fraction of sp³-hybridized carbons (Fsp3) is 0.500. The summed E-state index contributed by atoms with van der Waals surface area (Å²) in [5, 5.41) is 18.2. The van der Waals surface area contributed by atoms with Crippen LogP contribution in [0.2, 0.25) is 5.02 Å². The van der Waals surface area contributed by atoms with E-state index in [4.69, 9.17) is 21.1 Å². The Morgan fingerprint density at radius 3 is 2.05 bits per heavy atom. The van der Waals surface area contributed by atoms with Gasteiger partial charge < -0.3 is 56.1 Å². The summed E-state index contributed by atoms with van der Waals surface area (Å²) in [6.07, 6.45) is 4.62. The molecular weight excluding hydrogens is 1500 g/mol. The maximum absolute atomic E-state index is 14.5. The van der Waals surface area contributed by atoms with Gasteiger partial charge in [-0.25, -0.2) is 18.2 Å². The van der Waals surface area contributed by atoms with Gasteiger partial charge in [-0.1, -0.05) is 112 Å². The molecule has 0 saturated carbocycles. The van der Waals surface area contributed by atoms with E-state index < -0.39 is 49.7 Å². The predicted octanol–water partition coefficient (Wildman–Crippen LogP) is 11.9. The van der Waals surface area contributed by atoms with Crippen LogP contribution in [0.4, 0.5) is 29.3 Å². The van der Waals surface area contributed by atoms with Gasteiger partial charge in [0, 0.05) is 144 Å². The number of alkyl halides is 3. The topological polar surface area (TPSA) is 256 Å². The summed E-state index contributed by atoms with van der Waals surface area (Å²) in [6, 6.07) is 34.6. The molecule has 4 heterocycles. The summed E-state index contributed by atoms with van der Waals surface area (Å²) < 4.78 is 81.5. The quantitative estimate of drug-likeness (QED) is 0.0160. The van der Waals surface area contributed by atoms with E-state index in [0.717, 1.165) is 95.4 Å². The minimum atomic E-state index is -5.83. The van der Waals surface area contributed by atoms with Gasteiger partial charge in [0.15, 0.2) is 0 Å². The highest BCUT2D eigenvalue weighted by Gasteiger charge is 2.48. The fourth-order valence-electron chi connectivity index (χ4n) is 14.3. The van der Waals surface area contributed by atoms with Crippen LogP contribution in [-0.4, -0.2) is 216 Å². The molecule has 0 unspecified atom stereocenters. The monoisotopic (exact) mass is 1610 g/mol. The van der Waals surface area contributed by atoms with Gasteiger partial charge in [-0.2, -0.15) is 13.2 Å². The van der Waals surface area contributed by atoms with Crippen LogP contribution in [0.5, 0.6) is 0 Å². The average Bonchev–Trinajstić information content (AvgIpc) is 1.41. The van der Waals surface area contributed by atoms with Crippen molar-refractivity contribution in [2.24, 2.45) is 10.8 Å². The van der Waals surface area contributed by atoms with Crippen LogP contribution in [0.1, 0.15) is 119 Å². The Labute approximate surface area is 664 Å². The molecule has 5 aromatic carbocycles. The summed E-state index contributed by atoms with van der Waals surface area (Å²) >= 11 is 9.30. The van der Waals surface area contributed by atoms with Crippen LogP contribution in [-0.2, 0) is 51.5 Å². The van der Waals surface area contributed by atoms with Crippen molar-refractivity contribution in [3.63, 3.8) is 0 Å². The Kier molecular flexibility index (Phi) is 30.8. The molecule has 4 aliphatic rings. The molecule has 3 aliphatic heterocycles. The van der Waals surface area contributed by atoms with Gasteiger partial charge in [0.05, 0.1) is 53.1 Å². The van der Waals surface area contributed by atoms with E-state index in [-0.39, 0.29) is 106 Å². The lowest BCUT2D eigenvalue weighted by Gasteiger charge is -2.39. The number of rotatable bonds is 35. The zero-order valence-corrected chi connectivity index (χ0v) is 67.6. The number of hydrogen-bond donors (Lipinski definition) is 6. The Balaban J connectivity index is 0.599. The number of urea groups is 1. The van der Waals surface area contributed by atoms with Gasteiger partial charge in [-0.05, 0) is 151 Å². The molecule has 600 valence electrons. The zero-order chi connectivity index (χ0) is 79.3. The number of allylic oxidation sites excluding steroid dienone is 1. The third kappa shape index (κ3) is 25.0. The number of sulfone groups is 1. The van der Waals surface area contributed by atoms with Crippen molar-refractivity contribution in [3.05, 3.63) is 165 Å². The smallest absolute Gasteiger partial charge is 0.380 e. The maximum atomic E-state index is 14.5. The van der Waals surface area contributed by atoms with E-state index in [1.54, 1.807) is 39.3 Å². The Morgan fingerprint density at radius 2 is 1.39 bits per heavy atom. The lowest BCUT2D eigenvalue weighted by molar-refractivity contribution is -0.144. The standard InChI is InChI=1S/C82H106ClF3N12O10S3/c1-57-74(110-56-91-57)61-17-14-59(15-18-61)53-90-77(102)70-13-10-37-98(70)78(103)75(80(2,3)4)93-73(100)29-28-72(99)87-35-47-107-49-50-108-48-36-89-79(104)97-45-39-94(40-46-97)38-32-65(55-109-67-11-8-7-9-12-67)92-69-27-16-58(51-71(69)111(105,106)82(84,85)86)31-34-88-76(101)62-21-25-66(26-22-62)96-43-41-95(42-44-96)54-63-52-81(5,6)33-30-68(63)60-19-23-64(83)24-20-60/h7-9,11-12,14-27,51,56,65,70,75,92H,10,13,28-50,52-55H2,1-6H3,(H,87,99)(H,88,101)(H,89,104)(H,90,102)(H,93,100)/t65-,70+,75-/m1/s1. The largest absolute Gasteiger partial charge is 0.501 e. The first-order valence-corrected chi connectivity index (χ1v) is 42.1. The molecule has 7 amide bonds. The second kappa shape index (κ2) is 40.1. The van der Waals surface area contributed by atoms with Gasteiger partial charge in [0.25, 0.3) is 15.7 Å². The molecule has 1 aromatic heterocycles.